The summed E-state index contributed by atoms with van der Waals surface area (Å²) in [6.45, 7) is 7.77. The summed E-state index contributed by atoms with van der Waals surface area (Å²) in [4.78, 5) is 0. The van der Waals surface area contributed by atoms with E-state index in [2.05, 4.69) is 19.2 Å². The Hall–Kier alpha value is -0.200. The van der Waals surface area contributed by atoms with E-state index < -0.39 is 6.10 Å². The molecule has 0 amide bonds. The van der Waals surface area contributed by atoms with Gasteiger partial charge < -0.3 is 25.0 Å². The molecule has 0 aromatic heterocycles. The van der Waals surface area contributed by atoms with Crippen molar-refractivity contribution in [2.75, 3.05) is 33.4 Å². The molecule has 3 N–H and O–H groups in total. The van der Waals surface area contributed by atoms with Gasteiger partial charge in [-0.2, -0.15) is 0 Å². The molecule has 3 unspecified atom stereocenters. The van der Waals surface area contributed by atoms with Crippen LogP contribution < -0.4 is 5.32 Å². The molecule has 0 spiro atoms. The highest BCUT2D eigenvalue weighted by Crippen LogP contribution is 2.03. The van der Waals surface area contributed by atoms with Gasteiger partial charge in [0.25, 0.3) is 0 Å². The minimum absolute atomic E-state index is 0.0174. The lowest BCUT2D eigenvalue weighted by atomic mass is 10.1. The van der Waals surface area contributed by atoms with Crippen LogP contribution in [0.2, 0.25) is 0 Å². The Morgan fingerprint density at radius 3 is 2.17 bits per heavy atom. The second-order valence-corrected chi connectivity index (χ2v) is 5.19. The average Bonchev–Trinajstić information content (AvgIpc) is 2.25. The van der Waals surface area contributed by atoms with E-state index in [1.165, 1.54) is 0 Å². The number of nitrogens with one attached hydrogen (secondary N) is 1. The van der Waals surface area contributed by atoms with Crippen LogP contribution in [0.15, 0.2) is 0 Å². The smallest absolute Gasteiger partial charge is 0.0897 e. The van der Waals surface area contributed by atoms with Crippen LogP contribution in [0.3, 0.4) is 0 Å². The van der Waals surface area contributed by atoms with Crippen molar-refractivity contribution in [3.8, 4) is 0 Å². The van der Waals surface area contributed by atoms with Crippen LogP contribution in [0, 0.1) is 5.92 Å². The first-order chi connectivity index (χ1) is 8.45. The van der Waals surface area contributed by atoms with Gasteiger partial charge in [0.1, 0.15) is 0 Å². The van der Waals surface area contributed by atoms with Crippen LogP contribution in [-0.2, 0) is 9.47 Å². The van der Waals surface area contributed by atoms with Crippen molar-refractivity contribution in [3.63, 3.8) is 0 Å². The van der Waals surface area contributed by atoms with Gasteiger partial charge in [0.2, 0.25) is 0 Å². The predicted molar refractivity (Wildman–Crippen MR) is 71.6 cm³/mol. The van der Waals surface area contributed by atoms with Gasteiger partial charge in [-0.3, -0.25) is 0 Å². The van der Waals surface area contributed by atoms with Crippen LogP contribution >= 0.6 is 0 Å². The maximum atomic E-state index is 9.65. The second-order valence-electron chi connectivity index (χ2n) is 5.19. The number of ether oxygens (including phenoxy) is 2. The van der Waals surface area contributed by atoms with Crippen molar-refractivity contribution >= 4 is 0 Å². The lowest BCUT2D eigenvalue weighted by Gasteiger charge is -2.18. The van der Waals surface area contributed by atoms with Crippen molar-refractivity contribution in [2.45, 2.75) is 45.5 Å². The van der Waals surface area contributed by atoms with E-state index in [4.69, 9.17) is 9.47 Å². The van der Waals surface area contributed by atoms with Crippen molar-refractivity contribution < 1.29 is 19.7 Å². The van der Waals surface area contributed by atoms with Gasteiger partial charge in [-0.1, -0.05) is 13.8 Å². The Balaban J connectivity index is 3.49. The lowest BCUT2D eigenvalue weighted by molar-refractivity contribution is -0.0315. The van der Waals surface area contributed by atoms with Crippen LogP contribution in [0.25, 0.3) is 0 Å². The Morgan fingerprint density at radius 1 is 1.00 bits per heavy atom. The first-order valence-corrected chi connectivity index (χ1v) is 6.63. The predicted octanol–water partition coefficient (Wildman–Crippen LogP) is 0.395. The minimum atomic E-state index is -0.560. The molecule has 3 atom stereocenters. The number of aliphatic hydroxyl groups is 2. The zero-order valence-electron chi connectivity index (χ0n) is 12.1. The molecule has 110 valence electrons. The highest BCUT2D eigenvalue weighted by atomic mass is 16.5. The third-order valence-corrected chi connectivity index (χ3v) is 2.48. The minimum Gasteiger partial charge on any atom is -0.392 e. The average molecular weight is 263 g/mol. The van der Waals surface area contributed by atoms with Crippen molar-refractivity contribution in [2.24, 2.45) is 5.92 Å². The normalized spacial score (nSPS) is 16.8. The maximum Gasteiger partial charge on any atom is 0.0897 e. The third kappa shape index (κ3) is 10.9. The number of hydrogen-bond acceptors (Lipinski definition) is 5. The quantitative estimate of drug-likeness (QED) is 0.503. The zero-order chi connectivity index (χ0) is 14.0. The monoisotopic (exact) mass is 263 g/mol. The molecular formula is C13H29NO4. The third-order valence-electron chi connectivity index (χ3n) is 2.48. The van der Waals surface area contributed by atoms with E-state index >= 15 is 0 Å². The fraction of sp³-hybridized carbons (Fsp3) is 1.00. The molecule has 0 heterocycles. The summed E-state index contributed by atoms with van der Waals surface area (Å²) in [7, 11) is 1.62. The van der Waals surface area contributed by atoms with E-state index in [-0.39, 0.29) is 18.8 Å². The number of methoxy groups -OCH3 is 1. The van der Waals surface area contributed by atoms with Crippen LogP contribution in [0.1, 0.15) is 27.2 Å². The largest absolute Gasteiger partial charge is 0.392 e. The molecule has 0 aromatic rings. The second kappa shape index (κ2) is 10.7. The van der Waals surface area contributed by atoms with E-state index in [1.54, 1.807) is 7.11 Å². The van der Waals surface area contributed by atoms with Gasteiger partial charge in [0.15, 0.2) is 0 Å². The molecule has 0 radical (unpaired) electrons. The molecule has 5 nitrogen and oxygen atoms in total. The molecule has 0 aromatic carbocycles. The van der Waals surface area contributed by atoms with Gasteiger partial charge >= 0.3 is 0 Å². The van der Waals surface area contributed by atoms with Crippen molar-refractivity contribution in [1.82, 2.24) is 5.32 Å². The van der Waals surface area contributed by atoms with Gasteiger partial charge in [-0.15, -0.1) is 0 Å². The molecule has 0 aliphatic rings. The Bertz CT molecular complexity index is 190. The summed E-state index contributed by atoms with van der Waals surface area (Å²) in [5, 5.41) is 22.3. The summed E-state index contributed by atoms with van der Waals surface area (Å²) in [6.07, 6.45) is -0.165. The summed E-state index contributed by atoms with van der Waals surface area (Å²) >= 11 is 0. The van der Waals surface area contributed by atoms with Crippen LogP contribution in [0.5, 0.6) is 0 Å². The first kappa shape index (κ1) is 17.8. The van der Waals surface area contributed by atoms with E-state index in [1.807, 2.05) is 6.92 Å². The molecule has 0 saturated heterocycles. The molecule has 0 bridgehead atoms. The first-order valence-electron chi connectivity index (χ1n) is 6.63. The number of hydrogen-bond donors (Lipinski definition) is 3. The molecule has 0 rings (SSSR count). The van der Waals surface area contributed by atoms with Crippen LogP contribution in [0.4, 0.5) is 0 Å². The highest BCUT2D eigenvalue weighted by Gasteiger charge is 2.10. The summed E-state index contributed by atoms with van der Waals surface area (Å²) < 4.78 is 10.3. The highest BCUT2D eigenvalue weighted by molar-refractivity contribution is 4.65. The molecule has 0 saturated carbocycles. The Morgan fingerprint density at radius 2 is 1.61 bits per heavy atom. The Kier molecular flexibility index (Phi) is 10.6. The lowest BCUT2D eigenvalue weighted by Crippen LogP contribution is -2.36. The van der Waals surface area contributed by atoms with Gasteiger partial charge in [0.05, 0.1) is 31.5 Å². The van der Waals surface area contributed by atoms with E-state index in [0.717, 1.165) is 6.42 Å². The fourth-order valence-corrected chi connectivity index (χ4v) is 1.66. The van der Waals surface area contributed by atoms with Crippen molar-refractivity contribution in [3.05, 3.63) is 0 Å². The summed E-state index contributed by atoms with van der Waals surface area (Å²) in [5.41, 5.74) is 0. The van der Waals surface area contributed by atoms with E-state index in [0.29, 0.717) is 25.6 Å². The van der Waals surface area contributed by atoms with Gasteiger partial charge in [0, 0.05) is 20.2 Å². The standard InChI is InChI=1S/C13H29NO4/c1-10(2)5-12(15)6-14-7-13(16)9-18-11(3)8-17-4/h10-16H,5-9H2,1-4H3. The topological polar surface area (TPSA) is 71.0 Å². The number of rotatable bonds is 11. The summed E-state index contributed by atoms with van der Waals surface area (Å²) in [5.74, 6) is 0.477. The van der Waals surface area contributed by atoms with Gasteiger partial charge in [-0.05, 0) is 19.3 Å². The number of aliphatic hydroxyl groups excluding tert-OH is 2. The molecule has 0 fully saturated rings. The van der Waals surface area contributed by atoms with Crippen molar-refractivity contribution in [1.29, 1.82) is 0 Å². The summed E-state index contributed by atoms with van der Waals surface area (Å²) in [6, 6.07) is 0. The maximum absolute atomic E-state index is 9.65. The molecule has 0 aliphatic carbocycles. The molecular weight excluding hydrogens is 234 g/mol. The SMILES string of the molecule is COCC(C)OCC(O)CNCC(O)CC(C)C. The van der Waals surface area contributed by atoms with E-state index in [9.17, 15) is 10.2 Å². The molecule has 0 aliphatic heterocycles. The zero-order valence-corrected chi connectivity index (χ0v) is 12.1. The molecule has 5 heteroatoms. The Labute approximate surface area is 110 Å². The fourth-order valence-electron chi connectivity index (χ4n) is 1.66. The molecule has 18 heavy (non-hydrogen) atoms. The van der Waals surface area contributed by atoms with Crippen LogP contribution in [-0.4, -0.2) is 61.9 Å². The van der Waals surface area contributed by atoms with Gasteiger partial charge in [-0.25, -0.2) is 0 Å².